The van der Waals surface area contributed by atoms with Crippen LogP contribution in [0.1, 0.15) is 29.8 Å². The maximum Gasteiger partial charge on any atom is 0.261 e. The first-order valence-electron chi connectivity index (χ1n) is 8.50. The molecule has 2 aromatic carbocycles. The number of rotatable bonds is 4. The number of carbonyl (C=O) groups is 2. The molecule has 0 aliphatic carbocycles. The topological polar surface area (TPSA) is 95.6 Å². The van der Waals surface area contributed by atoms with E-state index >= 15 is 0 Å². The van der Waals surface area contributed by atoms with Crippen LogP contribution in [0.25, 0.3) is 0 Å². The molecule has 0 spiro atoms. The number of hydrogen-bond acceptors (Lipinski definition) is 4. The van der Waals surface area contributed by atoms with E-state index in [0.29, 0.717) is 17.7 Å². The van der Waals surface area contributed by atoms with E-state index in [1.807, 2.05) is 6.92 Å². The second-order valence-electron chi connectivity index (χ2n) is 6.50. The number of anilines is 2. The van der Waals surface area contributed by atoms with Crippen LogP contribution in [0.15, 0.2) is 47.4 Å². The molecule has 7 nitrogen and oxygen atoms in total. The highest BCUT2D eigenvalue weighted by Crippen LogP contribution is 2.34. The zero-order valence-electron chi connectivity index (χ0n) is 15.3. The monoisotopic (exact) mass is 387 g/mol. The highest BCUT2D eigenvalue weighted by molar-refractivity contribution is 7.92. The summed E-state index contributed by atoms with van der Waals surface area (Å²) in [7, 11) is -2.32. The van der Waals surface area contributed by atoms with Gasteiger partial charge in [-0.3, -0.25) is 14.3 Å². The van der Waals surface area contributed by atoms with Crippen molar-refractivity contribution in [2.24, 2.45) is 0 Å². The van der Waals surface area contributed by atoms with Crippen molar-refractivity contribution in [3.8, 4) is 0 Å². The lowest BCUT2D eigenvalue weighted by Crippen LogP contribution is -2.33. The maximum atomic E-state index is 12.8. The van der Waals surface area contributed by atoms with Crippen LogP contribution in [0.4, 0.5) is 11.4 Å². The van der Waals surface area contributed by atoms with Gasteiger partial charge in [-0.2, -0.15) is 0 Å². The molecule has 2 amide bonds. The molecule has 1 aliphatic heterocycles. The lowest BCUT2D eigenvalue weighted by atomic mass is 10.1. The minimum atomic E-state index is -3.82. The van der Waals surface area contributed by atoms with E-state index in [0.717, 1.165) is 11.3 Å². The van der Waals surface area contributed by atoms with Crippen molar-refractivity contribution in [1.82, 2.24) is 5.32 Å². The van der Waals surface area contributed by atoms with Gasteiger partial charge in [-0.15, -0.1) is 0 Å². The van der Waals surface area contributed by atoms with Crippen LogP contribution in [0.2, 0.25) is 0 Å². The number of nitrogens with zero attached hydrogens (tertiary/aromatic N) is 1. The quantitative estimate of drug-likeness (QED) is 0.840. The van der Waals surface area contributed by atoms with Crippen LogP contribution in [0.3, 0.4) is 0 Å². The van der Waals surface area contributed by atoms with E-state index in [4.69, 9.17) is 0 Å². The molecule has 0 bridgehead atoms. The molecule has 1 atom stereocenters. The number of fused-ring (bicyclic) bond motifs is 1. The summed E-state index contributed by atoms with van der Waals surface area (Å²) in [5, 5.41) is 2.50. The number of benzene rings is 2. The fourth-order valence-corrected chi connectivity index (χ4v) is 4.44. The fourth-order valence-electron chi connectivity index (χ4n) is 3.34. The predicted molar refractivity (Wildman–Crippen MR) is 103 cm³/mol. The summed E-state index contributed by atoms with van der Waals surface area (Å²) in [5.41, 5.74) is 2.23. The number of carbonyl (C=O) groups excluding carboxylic acids is 2. The molecule has 0 fully saturated rings. The first-order chi connectivity index (χ1) is 12.7. The minimum Gasteiger partial charge on any atom is -0.355 e. The molecule has 3 rings (SSSR count). The molecule has 1 heterocycles. The Hall–Kier alpha value is -2.87. The van der Waals surface area contributed by atoms with Gasteiger partial charge in [0.15, 0.2) is 0 Å². The summed E-state index contributed by atoms with van der Waals surface area (Å²) in [5.74, 6) is -0.368. The molecule has 142 valence electrons. The van der Waals surface area contributed by atoms with E-state index in [9.17, 15) is 18.0 Å². The van der Waals surface area contributed by atoms with Crippen molar-refractivity contribution in [3.05, 3.63) is 53.6 Å². The van der Waals surface area contributed by atoms with E-state index in [2.05, 4.69) is 10.0 Å². The lowest BCUT2D eigenvalue weighted by Gasteiger charge is -2.20. The lowest BCUT2D eigenvalue weighted by molar-refractivity contribution is -0.116. The van der Waals surface area contributed by atoms with Crippen LogP contribution in [-0.4, -0.2) is 33.3 Å². The average Bonchev–Trinajstić information content (AvgIpc) is 2.95. The van der Waals surface area contributed by atoms with Crippen molar-refractivity contribution in [1.29, 1.82) is 0 Å². The van der Waals surface area contributed by atoms with Gasteiger partial charge in [0, 0.05) is 37.0 Å². The number of hydrogen-bond donors (Lipinski definition) is 2. The third-order valence-corrected chi connectivity index (χ3v) is 5.90. The molecule has 27 heavy (non-hydrogen) atoms. The Morgan fingerprint density at radius 1 is 1.15 bits per heavy atom. The van der Waals surface area contributed by atoms with Gasteiger partial charge in [0.1, 0.15) is 0 Å². The van der Waals surface area contributed by atoms with Gasteiger partial charge in [0.05, 0.1) is 4.90 Å². The van der Waals surface area contributed by atoms with Gasteiger partial charge in [0.2, 0.25) is 5.91 Å². The summed E-state index contributed by atoms with van der Waals surface area (Å²) in [6.07, 6.45) is 0.602. The SMILES string of the molecule is CNC(=O)c1cccc(NS(=O)(=O)c2ccc3c(c2)CC(C)N3C(C)=O)c1. The Bertz CT molecular complexity index is 1020. The van der Waals surface area contributed by atoms with Gasteiger partial charge < -0.3 is 10.2 Å². The largest absolute Gasteiger partial charge is 0.355 e. The van der Waals surface area contributed by atoms with E-state index in [-0.39, 0.29) is 22.8 Å². The molecule has 2 N–H and O–H groups in total. The third kappa shape index (κ3) is 3.66. The van der Waals surface area contributed by atoms with E-state index in [1.54, 1.807) is 35.2 Å². The molecule has 0 aromatic heterocycles. The van der Waals surface area contributed by atoms with Crippen LogP contribution in [0, 0.1) is 0 Å². The van der Waals surface area contributed by atoms with E-state index < -0.39 is 10.0 Å². The van der Waals surface area contributed by atoms with Gasteiger partial charge in [-0.25, -0.2) is 8.42 Å². The number of sulfonamides is 1. The Kier molecular flexibility index (Phi) is 4.93. The highest BCUT2D eigenvalue weighted by atomic mass is 32.2. The molecule has 0 saturated heterocycles. The van der Waals surface area contributed by atoms with Crippen molar-refractivity contribution < 1.29 is 18.0 Å². The second-order valence-corrected chi connectivity index (χ2v) is 8.18. The van der Waals surface area contributed by atoms with E-state index in [1.165, 1.54) is 26.1 Å². The fraction of sp³-hybridized carbons (Fsp3) is 0.263. The summed E-state index contributed by atoms with van der Waals surface area (Å²) in [4.78, 5) is 25.3. The van der Waals surface area contributed by atoms with Crippen LogP contribution in [0.5, 0.6) is 0 Å². The standard InChI is InChI=1S/C19H21N3O4S/c1-12-9-15-11-17(7-8-18(15)22(12)13(2)23)27(25,26)21-16-6-4-5-14(10-16)19(24)20-3/h4-8,10-12,21H,9H2,1-3H3,(H,20,24). The highest BCUT2D eigenvalue weighted by Gasteiger charge is 2.30. The summed E-state index contributed by atoms with van der Waals surface area (Å²) < 4.78 is 28.0. The summed E-state index contributed by atoms with van der Waals surface area (Å²) in [6.45, 7) is 3.43. The van der Waals surface area contributed by atoms with Gasteiger partial charge in [-0.1, -0.05) is 6.07 Å². The average molecular weight is 387 g/mol. The Labute approximate surface area is 158 Å². The molecular weight excluding hydrogens is 366 g/mol. The molecule has 1 aliphatic rings. The molecule has 1 unspecified atom stereocenters. The molecule has 2 aromatic rings. The van der Waals surface area contributed by atoms with Crippen molar-refractivity contribution in [2.75, 3.05) is 16.7 Å². The second kappa shape index (κ2) is 7.03. The van der Waals surface area contributed by atoms with Crippen LogP contribution < -0.4 is 14.9 Å². The molecular formula is C19H21N3O4S. The maximum absolute atomic E-state index is 12.8. The normalized spacial score (nSPS) is 16.0. The zero-order valence-corrected chi connectivity index (χ0v) is 16.1. The summed E-state index contributed by atoms with van der Waals surface area (Å²) in [6, 6.07) is 11.0. The van der Waals surface area contributed by atoms with Crippen LogP contribution in [-0.2, 0) is 21.2 Å². The van der Waals surface area contributed by atoms with Crippen molar-refractivity contribution >= 4 is 33.2 Å². The smallest absolute Gasteiger partial charge is 0.261 e. The Balaban J connectivity index is 1.90. The Morgan fingerprint density at radius 2 is 1.89 bits per heavy atom. The number of nitrogens with one attached hydrogen (secondary N) is 2. The first-order valence-corrected chi connectivity index (χ1v) is 9.99. The molecule has 8 heteroatoms. The Morgan fingerprint density at radius 3 is 2.56 bits per heavy atom. The number of amides is 2. The predicted octanol–water partition coefficient (Wildman–Crippen LogP) is 2.14. The minimum absolute atomic E-state index is 0.00680. The van der Waals surface area contributed by atoms with Crippen molar-refractivity contribution in [2.45, 2.75) is 31.2 Å². The van der Waals surface area contributed by atoms with Crippen molar-refractivity contribution in [3.63, 3.8) is 0 Å². The molecule has 0 saturated carbocycles. The first kappa shape index (κ1) is 18.9. The van der Waals surface area contributed by atoms with Gasteiger partial charge in [-0.05, 0) is 55.3 Å². The summed E-state index contributed by atoms with van der Waals surface area (Å²) >= 11 is 0. The molecule has 0 radical (unpaired) electrons. The zero-order chi connectivity index (χ0) is 19.8. The van der Waals surface area contributed by atoms with Gasteiger partial charge >= 0.3 is 0 Å². The third-order valence-electron chi connectivity index (χ3n) is 4.52. The van der Waals surface area contributed by atoms with Gasteiger partial charge in [0.25, 0.3) is 15.9 Å². The van der Waals surface area contributed by atoms with Crippen LogP contribution >= 0.6 is 0 Å².